The highest BCUT2D eigenvalue weighted by atomic mass is 14.9. The minimum atomic E-state index is 0.588. The number of aryl methyl sites for hydroxylation is 1. The lowest BCUT2D eigenvalue weighted by atomic mass is 10.0. The first-order chi connectivity index (χ1) is 6.72. The fourth-order valence-corrected chi connectivity index (χ4v) is 2.49. The Labute approximate surface area is 86.5 Å². The van der Waals surface area contributed by atoms with Gasteiger partial charge < -0.3 is 5.32 Å². The third-order valence-corrected chi connectivity index (χ3v) is 3.19. The number of rotatable bonds is 2. The number of hydrogen-bond donors (Lipinski definition) is 1. The molecule has 14 heavy (non-hydrogen) atoms. The Morgan fingerprint density at radius 2 is 2.14 bits per heavy atom. The van der Waals surface area contributed by atoms with E-state index in [2.05, 4.69) is 44.3 Å². The van der Waals surface area contributed by atoms with E-state index >= 15 is 0 Å². The number of nitrogens with one attached hydrogen (secondary N) is 1. The lowest BCUT2D eigenvalue weighted by Crippen LogP contribution is -2.18. The van der Waals surface area contributed by atoms with Crippen LogP contribution in [0.4, 0.5) is 0 Å². The summed E-state index contributed by atoms with van der Waals surface area (Å²) in [5.74, 6) is 0.717. The van der Waals surface area contributed by atoms with E-state index in [-0.39, 0.29) is 0 Å². The smallest absolute Gasteiger partial charge is 0.0328 e. The lowest BCUT2D eigenvalue weighted by molar-refractivity contribution is 0.521. The molecule has 0 heterocycles. The van der Waals surface area contributed by atoms with Crippen molar-refractivity contribution in [2.75, 3.05) is 6.54 Å². The Balaban J connectivity index is 2.35. The van der Waals surface area contributed by atoms with Crippen LogP contribution < -0.4 is 5.32 Å². The summed E-state index contributed by atoms with van der Waals surface area (Å²) in [7, 11) is 0. The summed E-state index contributed by atoms with van der Waals surface area (Å²) in [6, 6.07) is 7.45. The van der Waals surface area contributed by atoms with Crippen molar-refractivity contribution in [2.24, 2.45) is 0 Å². The molecule has 0 amide bonds. The molecule has 0 bridgehead atoms. The second kappa shape index (κ2) is 3.74. The minimum Gasteiger partial charge on any atom is -0.310 e. The van der Waals surface area contributed by atoms with Crippen LogP contribution in [0.2, 0.25) is 0 Å². The molecule has 0 aliphatic heterocycles. The van der Waals surface area contributed by atoms with Gasteiger partial charge in [0.1, 0.15) is 0 Å². The third kappa shape index (κ3) is 1.57. The summed E-state index contributed by atoms with van der Waals surface area (Å²) in [5, 5.41) is 3.56. The molecule has 1 aromatic carbocycles. The molecule has 1 heteroatoms. The zero-order valence-corrected chi connectivity index (χ0v) is 9.30. The molecule has 2 unspecified atom stereocenters. The van der Waals surface area contributed by atoms with Gasteiger partial charge in [0.25, 0.3) is 0 Å². The van der Waals surface area contributed by atoms with E-state index in [0.717, 1.165) is 12.5 Å². The first-order valence-electron chi connectivity index (χ1n) is 5.56. The van der Waals surface area contributed by atoms with Crippen LogP contribution in [-0.2, 0) is 0 Å². The van der Waals surface area contributed by atoms with E-state index in [9.17, 15) is 0 Å². The maximum absolute atomic E-state index is 3.56. The van der Waals surface area contributed by atoms with Gasteiger partial charge in [-0.05, 0) is 36.9 Å². The van der Waals surface area contributed by atoms with Crippen LogP contribution in [0.15, 0.2) is 18.2 Å². The molecule has 1 aromatic rings. The first kappa shape index (κ1) is 9.72. The molecular formula is C13H19N. The second-order valence-electron chi connectivity index (χ2n) is 4.38. The van der Waals surface area contributed by atoms with Gasteiger partial charge in [-0.1, -0.05) is 37.6 Å². The largest absolute Gasteiger partial charge is 0.310 e. The van der Waals surface area contributed by atoms with Crippen molar-refractivity contribution in [3.05, 3.63) is 34.9 Å². The average molecular weight is 189 g/mol. The van der Waals surface area contributed by atoms with Crippen LogP contribution in [-0.4, -0.2) is 6.54 Å². The molecule has 0 fully saturated rings. The lowest BCUT2D eigenvalue weighted by Gasteiger charge is -2.12. The zero-order chi connectivity index (χ0) is 10.1. The van der Waals surface area contributed by atoms with E-state index in [1.807, 2.05) is 0 Å². The van der Waals surface area contributed by atoms with Crippen LogP contribution in [0, 0.1) is 6.92 Å². The van der Waals surface area contributed by atoms with Gasteiger partial charge in [0.15, 0.2) is 0 Å². The molecule has 0 spiro atoms. The molecule has 1 nitrogen and oxygen atoms in total. The third-order valence-electron chi connectivity index (χ3n) is 3.19. The highest BCUT2D eigenvalue weighted by molar-refractivity contribution is 5.40. The maximum atomic E-state index is 3.56. The van der Waals surface area contributed by atoms with Gasteiger partial charge >= 0.3 is 0 Å². The van der Waals surface area contributed by atoms with Crippen LogP contribution in [0.5, 0.6) is 0 Å². The molecule has 0 radical (unpaired) electrons. The van der Waals surface area contributed by atoms with E-state index < -0.39 is 0 Å². The van der Waals surface area contributed by atoms with Gasteiger partial charge in [-0.15, -0.1) is 0 Å². The highest BCUT2D eigenvalue weighted by Gasteiger charge is 2.26. The van der Waals surface area contributed by atoms with Crippen molar-refractivity contribution in [2.45, 2.75) is 39.2 Å². The Morgan fingerprint density at radius 1 is 1.36 bits per heavy atom. The molecule has 1 aliphatic rings. The minimum absolute atomic E-state index is 0.588. The molecule has 76 valence electrons. The van der Waals surface area contributed by atoms with E-state index in [1.165, 1.54) is 17.5 Å². The molecule has 0 saturated carbocycles. The van der Waals surface area contributed by atoms with Crippen molar-refractivity contribution < 1.29 is 0 Å². The van der Waals surface area contributed by atoms with Gasteiger partial charge in [0.05, 0.1) is 0 Å². The normalized spacial score (nSPS) is 25.1. The van der Waals surface area contributed by atoms with Crippen molar-refractivity contribution in [3.8, 4) is 0 Å². The monoisotopic (exact) mass is 189 g/mol. The number of fused-ring (bicyclic) bond motifs is 1. The second-order valence-corrected chi connectivity index (χ2v) is 4.38. The molecule has 2 rings (SSSR count). The van der Waals surface area contributed by atoms with Crippen LogP contribution in [0.3, 0.4) is 0 Å². The molecule has 0 aromatic heterocycles. The zero-order valence-electron chi connectivity index (χ0n) is 9.30. The fraction of sp³-hybridized carbons (Fsp3) is 0.538. The maximum Gasteiger partial charge on any atom is 0.0328 e. The van der Waals surface area contributed by atoms with E-state index in [1.54, 1.807) is 5.56 Å². The fourth-order valence-electron chi connectivity index (χ4n) is 2.49. The molecule has 0 saturated heterocycles. The van der Waals surface area contributed by atoms with E-state index in [4.69, 9.17) is 0 Å². The predicted molar refractivity (Wildman–Crippen MR) is 60.6 cm³/mol. The van der Waals surface area contributed by atoms with Crippen molar-refractivity contribution in [1.29, 1.82) is 0 Å². The standard InChI is InChI=1S/C13H19N/c1-4-14-13-8-10(3)11-6-5-9(2)7-12(11)13/h5-7,10,13-14H,4,8H2,1-3H3. The summed E-state index contributed by atoms with van der Waals surface area (Å²) < 4.78 is 0. The average Bonchev–Trinajstić information content (AvgIpc) is 2.44. The summed E-state index contributed by atoms with van der Waals surface area (Å²) >= 11 is 0. The van der Waals surface area contributed by atoms with Gasteiger partial charge in [-0.25, -0.2) is 0 Å². The van der Waals surface area contributed by atoms with Crippen LogP contribution >= 0.6 is 0 Å². The van der Waals surface area contributed by atoms with Crippen LogP contribution in [0.25, 0.3) is 0 Å². The predicted octanol–water partition coefficient (Wildman–Crippen LogP) is 3.15. The summed E-state index contributed by atoms with van der Waals surface area (Å²) in [6.45, 7) is 7.74. The van der Waals surface area contributed by atoms with Gasteiger partial charge in [0, 0.05) is 6.04 Å². The Kier molecular flexibility index (Phi) is 2.60. The topological polar surface area (TPSA) is 12.0 Å². The van der Waals surface area contributed by atoms with E-state index in [0.29, 0.717) is 6.04 Å². The van der Waals surface area contributed by atoms with Gasteiger partial charge in [0.2, 0.25) is 0 Å². The molecule has 2 atom stereocenters. The van der Waals surface area contributed by atoms with Crippen molar-refractivity contribution >= 4 is 0 Å². The van der Waals surface area contributed by atoms with Crippen molar-refractivity contribution in [1.82, 2.24) is 5.32 Å². The number of hydrogen-bond acceptors (Lipinski definition) is 1. The van der Waals surface area contributed by atoms with Crippen LogP contribution in [0.1, 0.15) is 48.9 Å². The Bertz CT molecular complexity index is 330. The summed E-state index contributed by atoms with van der Waals surface area (Å²) in [5.41, 5.74) is 4.45. The molecule has 1 N–H and O–H groups in total. The van der Waals surface area contributed by atoms with Gasteiger partial charge in [-0.3, -0.25) is 0 Å². The summed E-state index contributed by atoms with van der Waals surface area (Å²) in [4.78, 5) is 0. The SMILES string of the molecule is CCNC1CC(C)c2ccc(C)cc21. The van der Waals surface area contributed by atoms with Crippen molar-refractivity contribution in [3.63, 3.8) is 0 Å². The summed E-state index contributed by atoms with van der Waals surface area (Å²) in [6.07, 6.45) is 1.26. The number of benzene rings is 1. The Morgan fingerprint density at radius 3 is 2.86 bits per heavy atom. The molecule has 1 aliphatic carbocycles. The highest BCUT2D eigenvalue weighted by Crippen LogP contribution is 2.40. The van der Waals surface area contributed by atoms with Gasteiger partial charge in [-0.2, -0.15) is 0 Å². The molecular weight excluding hydrogens is 170 g/mol. The Hall–Kier alpha value is -0.820. The quantitative estimate of drug-likeness (QED) is 0.753. The first-order valence-corrected chi connectivity index (χ1v) is 5.56.